The molecule has 1 aliphatic carbocycles. The van der Waals surface area contributed by atoms with Crippen LogP contribution in [-0.2, 0) is 0 Å². The van der Waals surface area contributed by atoms with Gasteiger partial charge in [-0.15, -0.1) is 0 Å². The molecule has 1 aliphatic rings. The molecule has 1 unspecified atom stereocenters. The second-order valence-electron chi connectivity index (χ2n) is 5.63. The lowest BCUT2D eigenvalue weighted by Gasteiger charge is -2.30. The van der Waals surface area contributed by atoms with E-state index in [1.807, 2.05) is 18.2 Å². The molecular weight excluding hydrogens is 265 g/mol. The van der Waals surface area contributed by atoms with Crippen molar-refractivity contribution >= 4 is 5.69 Å². The maximum Gasteiger partial charge on any atom is 0.123 e. The number of halogens is 1. The summed E-state index contributed by atoms with van der Waals surface area (Å²) in [7, 11) is 0. The lowest BCUT2D eigenvalue weighted by molar-refractivity contribution is 0.414. The van der Waals surface area contributed by atoms with Crippen LogP contribution in [0.25, 0.3) is 0 Å². The van der Waals surface area contributed by atoms with Gasteiger partial charge in [0.2, 0.25) is 0 Å². The van der Waals surface area contributed by atoms with Crippen LogP contribution in [0.4, 0.5) is 10.1 Å². The first-order valence-electron chi connectivity index (χ1n) is 7.30. The first-order chi connectivity index (χ1) is 10.2. The van der Waals surface area contributed by atoms with Crippen LogP contribution in [0.15, 0.2) is 42.5 Å². The van der Waals surface area contributed by atoms with Gasteiger partial charge in [-0.05, 0) is 48.1 Å². The molecule has 21 heavy (non-hydrogen) atoms. The number of hydrogen-bond donors (Lipinski definition) is 3. The van der Waals surface area contributed by atoms with Gasteiger partial charge in [-0.25, -0.2) is 9.82 Å². The van der Waals surface area contributed by atoms with Crippen molar-refractivity contribution in [2.75, 3.05) is 5.73 Å². The van der Waals surface area contributed by atoms with Gasteiger partial charge in [-0.3, -0.25) is 5.84 Å². The minimum absolute atomic E-state index is 0.294. The standard InChI is InChI=1S/C17H20FN3/c18-12-8-9-16(19)15(10-12)17(21-20)14-7-2-1-6-13(14)11-4-3-5-11/h1-2,6-11,17,21H,3-5,19-20H2. The number of rotatable bonds is 4. The molecule has 0 spiro atoms. The number of hydrazine groups is 1. The number of hydrogen-bond acceptors (Lipinski definition) is 3. The Morgan fingerprint density at radius 2 is 1.86 bits per heavy atom. The van der Waals surface area contributed by atoms with E-state index in [0.717, 1.165) is 5.56 Å². The Labute approximate surface area is 124 Å². The fourth-order valence-electron chi connectivity index (χ4n) is 3.01. The molecule has 3 nitrogen and oxygen atoms in total. The van der Waals surface area contributed by atoms with E-state index in [1.54, 1.807) is 6.07 Å². The molecule has 0 bridgehead atoms. The van der Waals surface area contributed by atoms with Crippen LogP contribution in [0.1, 0.15) is 47.9 Å². The SMILES string of the molecule is NNC(c1cc(F)ccc1N)c1ccccc1C1CCC1. The highest BCUT2D eigenvalue weighted by atomic mass is 19.1. The third kappa shape index (κ3) is 2.64. The van der Waals surface area contributed by atoms with E-state index in [1.165, 1.54) is 37.0 Å². The minimum Gasteiger partial charge on any atom is -0.398 e. The van der Waals surface area contributed by atoms with E-state index >= 15 is 0 Å². The molecule has 2 aromatic carbocycles. The van der Waals surface area contributed by atoms with Crippen molar-refractivity contribution < 1.29 is 4.39 Å². The summed E-state index contributed by atoms with van der Waals surface area (Å²) < 4.78 is 13.6. The average Bonchev–Trinajstić information content (AvgIpc) is 2.43. The molecule has 3 rings (SSSR count). The van der Waals surface area contributed by atoms with Crippen molar-refractivity contribution in [1.29, 1.82) is 0 Å². The second-order valence-corrected chi connectivity index (χ2v) is 5.63. The zero-order valence-corrected chi connectivity index (χ0v) is 11.9. The molecule has 0 saturated heterocycles. The number of benzene rings is 2. The molecule has 2 aromatic rings. The van der Waals surface area contributed by atoms with E-state index in [9.17, 15) is 4.39 Å². The lowest BCUT2D eigenvalue weighted by atomic mass is 9.76. The van der Waals surface area contributed by atoms with Crippen molar-refractivity contribution in [2.45, 2.75) is 31.2 Å². The molecule has 1 saturated carbocycles. The monoisotopic (exact) mass is 285 g/mol. The normalized spacial score (nSPS) is 16.5. The van der Waals surface area contributed by atoms with Gasteiger partial charge < -0.3 is 5.73 Å². The van der Waals surface area contributed by atoms with Gasteiger partial charge in [-0.1, -0.05) is 30.7 Å². The fraction of sp³-hybridized carbons (Fsp3) is 0.294. The second kappa shape index (κ2) is 5.84. The van der Waals surface area contributed by atoms with Crippen LogP contribution >= 0.6 is 0 Å². The Morgan fingerprint density at radius 3 is 2.52 bits per heavy atom. The Kier molecular flexibility index (Phi) is 3.90. The molecule has 0 radical (unpaired) electrons. The van der Waals surface area contributed by atoms with Gasteiger partial charge in [-0.2, -0.15) is 0 Å². The molecule has 0 aliphatic heterocycles. The third-order valence-corrected chi connectivity index (χ3v) is 4.38. The zero-order chi connectivity index (χ0) is 14.8. The molecule has 110 valence electrons. The molecule has 1 fully saturated rings. The van der Waals surface area contributed by atoms with Crippen molar-refractivity contribution in [3.63, 3.8) is 0 Å². The van der Waals surface area contributed by atoms with Gasteiger partial charge in [0.15, 0.2) is 0 Å². The highest BCUT2D eigenvalue weighted by Gasteiger charge is 2.26. The lowest BCUT2D eigenvalue weighted by Crippen LogP contribution is -2.31. The quantitative estimate of drug-likeness (QED) is 0.459. The predicted molar refractivity (Wildman–Crippen MR) is 83.0 cm³/mol. The number of nitrogen functional groups attached to an aromatic ring is 1. The van der Waals surface area contributed by atoms with Crippen LogP contribution in [0.2, 0.25) is 0 Å². The van der Waals surface area contributed by atoms with Crippen LogP contribution in [0.3, 0.4) is 0 Å². The van der Waals surface area contributed by atoms with E-state index < -0.39 is 0 Å². The molecular formula is C17H20FN3. The number of nitrogens with one attached hydrogen (secondary N) is 1. The van der Waals surface area contributed by atoms with Gasteiger partial charge in [0, 0.05) is 11.3 Å². The Morgan fingerprint density at radius 1 is 1.10 bits per heavy atom. The van der Waals surface area contributed by atoms with Gasteiger partial charge in [0.1, 0.15) is 5.82 Å². The van der Waals surface area contributed by atoms with Crippen molar-refractivity contribution in [2.24, 2.45) is 5.84 Å². The maximum atomic E-state index is 13.6. The molecule has 1 atom stereocenters. The molecule has 0 aromatic heterocycles. The first-order valence-corrected chi connectivity index (χ1v) is 7.30. The Hall–Kier alpha value is -1.91. The summed E-state index contributed by atoms with van der Waals surface area (Å²) in [6, 6.07) is 12.3. The first kappa shape index (κ1) is 14.0. The van der Waals surface area contributed by atoms with E-state index in [2.05, 4.69) is 11.5 Å². The van der Waals surface area contributed by atoms with Gasteiger partial charge in [0.25, 0.3) is 0 Å². The average molecular weight is 285 g/mol. The van der Waals surface area contributed by atoms with Gasteiger partial charge in [0.05, 0.1) is 6.04 Å². The van der Waals surface area contributed by atoms with Crippen LogP contribution in [-0.4, -0.2) is 0 Å². The van der Waals surface area contributed by atoms with E-state index in [4.69, 9.17) is 11.6 Å². The summed E-state index contributed by atoms with van der Waals surface area (Å²) in [5.74, 6) is 6.03. The molecule has 0 amide bonds. The third-order valence-electron chi connectivity index (χ3n) is 4.38. The summed E-state index contributed by atoms with van der Waals surface area (Å²) >= 11 is 0. The summed E-state index contributed by atoms with van der Waals surface area (Å²) in [4.78, 5) is 0. The summed E-state index contributed by atoms with van der Waals surface area (Å²) in [6.45, 7) is 0. The van der Waals surface area contributed by atoms with Crippen LogP contribution < -0.4 is 17.0 Å². The fourth-order valence-corrected chi connectivity index (χ4v) is 3.01. The van der Waals surface area contributed by atoms with Crippen LogP contribution in [0, 0.1) is 5.82 Å². The topological polar surface area (TPSA) is 64.1 Å². The van der Waals surface area contributed by atoms with Gasteiger partial charge >= 0.3 is 0 Å². The van der Waals surface area contributed by atoms with Crippen molar-refractivity contribution in [3.8, 4) is 0 Å². The largest absolute Gasteiger partial charge is 0.398 e. The number of nitrogens with two attached hydrogens (primary N) is 2. The Balaban J connectivity index is 2.06. The molecule has 5 N–H and O–H groups in total. The van der Waals surface area contributed by atoms with E-state index in [0.29, 0.717) is 17.2 Å². The molecule has 4 heteroatoms. The smallest absolute Gasteiger partial charge is 0.123 e. The highest BCUT2D eigenvalue weighted by molar-refractivity contribution is 5.53. The highest BCUT2D eigenvalue weighted by Crippen LogP contribution is 2.41. The summed E-state index contributed by atoms with van der Waals surface area (Å²) in [6.07, 6.45) is 3.67. The summed E-state index contributed by atoms with van der Waals surface area (Å²) in [5, 5.41) is 0. The maximum absolute atomic E-state index is 13.6. The molecule has 0 heterocycles. The zero-order valence-electron chi connectivity index (χ0n) is 11.9. The minimum atomic E-state index is -0.305. The van der Waals surface area contributed by atoms with Crippen molar-refractivity contribution in [1.82, 2.24) is 5.43 Å². The van der Waals surface area contributed by atoms with E-state index in [-0.39, 0.29) is 11.9 Å². The van der Waals surface area contributed by atoms with Crippen molar-refractivity contribution in [3.05, 3.63) is 65.0 Å². The Bertz CT molecular complexity index is 638. The van der Waals surface area contributed by atoms with Crippen LogP contribution in [0.5, 0.6) is 0 Å². The summed E-state index contributed by atoms with van der Waals surface area (Å²) in [5.41, 5.74) is 12.4. The predicted octanol–water partition coefficient (Wildman–Crippen LogP) is 3.23. The number of anilines is 1.